The highest BCUT2D eigenvalue weighted by Crippen LogP contribution is 2.20. The number of anilines is 1. The lowest BCUT2D eigenvalue weighted by molar-refractivity contribution is -0.122. The van der Waals surface area contributed by atoms with Crippen molar-refractivity contribution in [2.75, 3.05) is 25.0 Å². The predicted molar refractivity (Wildman–Crippen MR) is 117 cm³/mol. The van der Waals surface area contributed by atoms with Crippen molar-refractivity contribution in [1.82, 2.24) is 14.5 Å². The van der Waals surface area contributed by atoms with Crippen molar-refractivity contribution in [3.05, 3.63) is 54.1 Å². The molecule has 1 heterocycles. The highest BCUT2D eigenvalue weighted by atomic mass is 16.5. The number of hydrogen-bond acceptors (Lipinski definition) is 4. The molecule has 154 valence electrons. The van der Waals surface area contributed by atoms with Crippen LogP contribution in [-0.2, 0) is 11.3 Å². The number of rotatable bonds is 9. The van der Waals surface area contributed by atoms with E-state index in [1.165, 1.54) is 0 Å². The summed E-state index contributed by atoms with van der Waals surface area (Å²) >= 11 is 0. The SMILES string of the molecule is CCN(CC)CCn1c(NC(=O)C(C)Oc2cccc(C)c2)nc2ccccc21. The molecule has 1 N–H and O–H groups in total. The van der Waals surface area contributed by atoms with E-state index in [4.69, 9.17) is 4.74 Å². The summed E-state index contributed by atoms with van der Waals surface area (Å²) in [5.74, 6) is 1.02. The Morgan fingerprint density at radius 2 is 1.93 bits per heavy atom. The molecule has 0 radical (unpaired) electrons. The molecule has 0 aliphatic rings. The fraction of sp³-hybridized carbons (Fsp3) is 0.391. The quantitative estimate of drug-likeness (QED) is 0.594. The molecule has 6 nitrogen and oxygen atoms in total. The monoisotopic (exact) mass is 394 g/mol. The molecule has 2 aromatic carbocycles. The average Bonchev–Trinajstić information content (AvgIpc) is 3.06. The molecule has 0 fully saturated rings. The summed E-state index contributed by atoms with van der Waals surface area (Å²) in [6, 6.07) is 15.6. The normalized spacial score (nSPS) is 12.3. The third kappa shape index (κ3) is 5.15. The van der Waals surface area contributed by atoms with E-state index >= 15 is 0 Å². The zero-order valence-electron chi connectivity index (χ0n) is 17.7. The molecule has 6 heteroatoms. The summed E-state index contributed by atoms with van der Waals surface area (Å²) in [4.78, 5) is 19.8. The Morgan fingerprint density at radius 1 is 1.17 bits per heavy atom. The van der Waals surface area contributed by atoms with Crippen molar-refractivity contribution in [3.8, 4) is 5.75 Å². The van der Waals surface area contributed by atoms with Gasteiger partial charge in [0.05, 0.1) is 11.0 Å². The molecule has 3 rings (SSSR count). The second kappa shape index (κ2) is 9.56. The Kier molecular flexibility index (Phi) is 6.88. The Morgan fingerprint density at radius 3 is 2.66 bits per heavy atom. The van der Waals surface area contributed by atoms with Crippen molar-refractivity contribution in [2.45, 2.75) is 40.3 Å². The van der Waals surface area contributed by atoms with Gasteiger partial charge in [-0.1, -0.05) is 38.1 Å². The van der Waals surface area contributed by atoms with Gasteiger partial charge >= 0.3 is 0 Å². The van der Waals surface area contributed by atoms with Crippen LogP contribution in [0.15, 0.2) is 48.5 Å². The number of nitrogens with one attached hydrogen (secondary N) is 1. The molecular weight excluding hydrogens is 364 g/mol. The van der Waals surface area contributed by atoms with Crippen molar-refractivity contribution in [1.29, 1.82) is 0 Å². The van der Waals surface area contributed by atoms with E-state index in [2.05, 4.69) is 33.6 Å². The summed E-state index contributed by atoms with van der Waals surface area (Å²) < 4.78 is 7.89. The number of likely N-dealkylation sites (N-methyl/N-ethyl adjacent to an activating group) is 1. The van der Waals surface area contributed by atoms with Crippen molar-refractivity contribution >= 4 is 22.9 Å². The first-order valence-corrected chi connectivity index (χ1v) is 10.2. The van der Waals surface area contributed by atoms with Crippen LogP contribution >= 0.6 is 0 Å². The van der Waals surface area contributed by atoms with E-state index in [1.807, 2.05) is 55.5 Å². The first-order chi connectivity index (χ1) is 14.0. The lowest BCUT2D eigenvalue weighted by Gasteiger charge is -2.20. The maximum Gasteiger partial charge on any atom is 0.267 e. The zero-order valence-corrected chi connectivity index (χ0v) is 17.7. The van der Waals surface area contributed by atoms with Gasteiger partial charge in [0.1, 0.15) is 5.75 Å². The number of hydrogen-bond donors (Lipinski definition) is 1. The number of imidazole rings is 1. The summed E-state index contributed by atoms with van der Waals surface area (Å²) in [5, 5.41) is 2.96. The molecule has 29 heavy (non-hydrogen) atoms. The number of nitrogens with zero attached hydrogens (tertiary/aromatic N) is 3. The molecule has 0 aliphatic carbocycles. The Labute approximate surface area is 172 Å². The maximum absolute atomic E-state index is 12.8. The van der Waals surface area contributed by atoms with Gasteiger partial charge in [0.2, 0.25) is 5.95 Å². The van der Waals surface area contributed by atoms with Gasteiger partial charge in [-0.05, 0) is 56.8 Å². The van der Waals surface area contributed by atoms with Crippen LogP contribution in [0.5, 0.6) is 5.75 Å². The van der Waals surface area contributed by atoms with Crippen molar-refractivity contribution in [2.24, 2.45) is 0 Å². The maximum atomic E-state index is 12.8. The van der Waals surface area contributed by atoms with Crippen LogP contribution in [0.2, 0.25) is 0 Å². The van der Waals surface area contributed by atoms with Crippen LogP contribution < -0.4 is 10.1 Å². The number of amides is 1. The van der Waals surface area contributed by atoms with Gasteiger partial charge in [0, 0.05) is 13.1 Å². The molecule has 0 spiro atoms. The largest absolute Gasteiger partial charge is 0.481 e. The summed E-state index contributed by atoms with van der Waals surface area (Å²) in [6.07, 6.45) is -0.632. The molecule has 1 aromatic heterocycles. The van der Waals surface area contributed by atoms with E-state index in [1.54, 1.807) is 6.92 Å². The fourth-order valence-electron chi connectivity index (χ4n) is 3.34. The second-order valence-electron chi connectivity index (χ2n) is 7.17. The first kappa shape index (κ1) is 20.9. The number of aromatic nitrogens is 2. The van der Waals surface area contributed by atoms with Crippen LogP contribution in [0, 0.1) is 6.92 Å². The van der Waals surface area contributed by atoms with E-state index < -0.39 is 6.10 Å². The van der Waals surface area contributed by atoms with Crippen LogP contribution in [0.4, 0.5) is 5.95 Å². The van der Waals surface area contributed by atoms with E-state index in [9.17, 15) is 4.79 Å². The third-order valence-corrected chi connectivity index (χ3v) is 5.10. The Hall–Kier alpha value is -2.86. The Bertz CT molecular complexity index is 962. The van der Waals surface area contributed by atoms with Gasteiger partial charge < -0.3 is 14.2 Å². The minimum atomic E-state index is -0.632. The lowest BCUT2D eigenvalue weighted by atomic mass is 10.2. The molecule has 1 unspecified atom stereocenters. The minimum Gasteiger partial charge on any atom is -0.481 e. The van der Waals surface area contributed by atoms with Crippen LogP contribution in [0.25, 0.3) is 11.0 Å². The van der Waals surface area contributed by atoms with Crippen LogP contribution in [-0.4, -0.2) is 46.1 Å². The van der Waals surface area contributed by atoms with Gasteiger partial charge in [-0.2, -0.15) is 0 Å². The van der Waals surface area contributed by atoms with Crippen LogP contribution in [0.3, 0.4) is 0 Å². The van der Waals surface area contributed by atoms with Gasteiger partial charge in [-0.3, -0.25) is 10.1 Å². The molecule has 1 amide bonds. The summed E-state index contributed by atoms with van der Waals surface area (Å²) in [5.41, 5.74) is 2.98. The lowest BCUT2D eigenvalue weighted by Crippen LogP contribution is -2.32. The highest BCUT2D eigenvalue weighted by Gasteiger charge is 2.19. The number of fused-ring (bicyclic) bond motifs is 1. The molecule has 0 aliphatic heterocycles. The number of para-hydroxylation sites is 2. The highest BCUT2D eigenvalue weighted by molar-refractivity contribution is 5.94. The van der Waals surface area contributed by atoms with Gasteiger partial charge in [-0.15, -0.1) is 0 Å². The molecule has 0 saturated carbocycles. The second-order valence-corrected chi connectivity index (χ2v) is 7.17. The Balaban J connectivity index is 1.77. The van der Waals surface area contributed by atoms with E-state index in [0.717, 1.165) is 42.8 Å². The average molecular weight is 395 g/mol. The minimum absolute atomic E-state index is 0.217. The molecule has 0 saturated heterocycles. The van der Waals surface area contributed by atoms with Gasteiger partial charge in [-0.25, -0.2) is 4.98 Å². The topological polar surface area (TPSA) is 59.4 Å². The van der Waals surface area contributed by atoms with Crippen molar-refractivity contribution in [3.63, 3.8) is 0 Å². The van der Waals surface area contributed by atoms with Gasteiger partial charge in [0.25, 0.3) is 5.91 Å². The number of carbonyl (C=O) groups excluding carboxylic acids is 1. The van der Waals surface area contributed by atoms with E-state index in [0.29, 0.717) is 11.7 Å². The first-order valence-electron chi connectivity index (χ1n) is 10.2. The standard InChI is InChI=1S/C23H30N4O2/c1-5-26(6-2)14-15-27-21-13-8-7-12-20(21)24-23(27)25-22(28)18(4)29-19-11-9-10-17(3)16-19/h7-13,16,18H,5-6,14-15H2,1-4H3,(H,24,25,28). The predicted octanol–water partition coefficient (Wildman–Crippen LogP) is 4.09. The summed E-state index contributed by atoms with van der Waals surface area (Å²) in [6.45, 7) is 11.7. The molecule has 0 bridgehead atoms. The van der Waals surface area contributed by atoms with E-state index in [-0.39, 0.29) is 5.91 Å². The van der Waals surface area contributed by atoms with Crippen molar-refractivity contribution < 1.29 is 9.53 Å². The molecule has 1 atom stereocenters. The summed E-state index contributed by atoms with van der Waals surface area (Å²) in [7, 11) is 0. The fourth-order valence-corrected chi connectivity index (χ4v) is 3.34. The molecular formula is C23H30N4O2. The van der Waals surface area contributed by atoms with Crippen LogP contribution in [0.1, 0.15) is 26.3 Å². The number of aryl methyl sites for hydroxylation is 1. The van der Waals surface area contributed by atoms with Gasteiger partial charge in [0.15, 0.2) is 6.10 Å². The smallest absolute Gasteiger partial charge is 0.267 e. The third-order valence-electron chi connectivity index (χ3n) is 5.10. The molecule has 3 aromatic rings. The number of ether oxygens (including phenoxy) is 1. The number of carbonyl (C=O) groups is 1. The number of benzene rings is 2. The zero-order chi connectivity index (χ0) is 20.8.